The molecular weight excluding hydrogens is 615 g/mol. The summed E-state index contributed by atoms with van der Waals surface area (Å²) in [5.74, 6) is 7.49. The largest absolute Gasteiger partial charge is 0.497 e. The molecule has 1 aliphatic heterocycles. The van der Waals surface area contributed by atoms with Gasteiger partial charge < -0.3 is 20.1 Å². The average Bonchev–Trinajstić information content (AvgIpc) is 3.50. The molecule has 262 valence electrons. The van der Waals surface area contributed by atoms with E-state index in [1.54, 1.807) is 7.11 Å². The summed E-state index contributed by atoms with van der Waals surface area (Å²) >= 11 is 0. The van der Waals surface area contributed by atoms with Crippen LogP contribution in [0.2, 0.25) is 0 Å². The molecule has 6 aliphatic rings. The van der Waals surface area contributed by atoms with Gasteiger partial charge in [0.05, 0.1) is 19.2 Å². The lowest BCUT2D eigenvalue weighted by molar-refractivity contribution is -0.111. The molecule has 2 N–H and O–H groups in total. The zero-order valence-corrected chi connectivity index (χ0v) is 30.1. The molecule has 1 aromatic heterocycles. The smallest absolute Gasteiger partial charge is 0.122 e. The molecule has 0 spiro atoms. The molecule has 50 heavy (non-hydrogen) atoms. The Balaban J connectivity index is 1.27. The van der Waals surface area contributed by atoms with Crippen LogP contribution in [0.5, 0.6) is 5.75 Å². The highest BCUT2D eigenvalue weighted by molar-refractivity contribution is 6.05. The van der Waals surface area contributed by atoms with Gasteiger partial charge in [-0.3, -0.25) is 4.57 Å². The summed E-state index contributed by atoms with van der Waals surface area (Å²) in [4.78, 5) is 3.11. The molecule has 6 fully saturated rings. The maximum Gasteiger partial charge on any atom is 0.122 e. The van der Waals surface area contributed by atoms with E-state index in [0.29, 0.717) is 24.2 Å². The van der Waals surface area contributed by atoms with E-state index >= 15 is 0 Å². The minimum absolute atomic E-state index is 0.0600. The number of anilines is 1. The molecule has 1 saturated heterocycles. The Labute approximate surface area is 298 Å². The third-order valence-electron chi connectivity index (χ3n) is 14.8. The number of benzene rings is 3. The van der Waals surface area contributed by atoms with Crippen LogP contribution in [-0.4, -0.2) is 41.0 Å². The van der Waals surface area contributed by atoms with Crippen molar-refractivity contribution in [2.75, 3.05) is 12.0 Å². The van der Waals surface area contributed by atoms with Gasteiger partial charge in [-0.25, -0.2) is 0 Å². The first-order valence-corrected chi connectivity index (χ1v) is 20.2. The number of ether oxygens (including phenoxy) is 1. The zero-order chi connectivity index (χ0) is 33.5. The molecule has 0 bridgehead atoms. The van der Waals surface area contributed by atoms with Gasteiger partial charge >= 0.3 is 0 Å². The second-order valence-electron chi connectivity index (χ2n) is 17.1. The van der Waals surface area contributed by atoms with Gasteiger partial charge in [0.2, 0.25) is 0 Å². The first kappa shape index (κ1) is 31.5. The Hall–Kier alpha value is -3.28. The number of rotatable bonds is 5. The number of nitrogens with one attached hydrogen (secondary N) is 1. The number of aliphatic hydroxyl groups is 1. The van der Waals surface area contributed by atoms with Gasteiger partial charge in [0, 0.05) is 40.8 Å². The van der Waals surface area contributed by atoms with E-state index in [1.807, 2.05) is 0 Å². The molecule has 5 aliphatic carbocycles. The van der Waals surface area contributed by atoms with Crippen molar-refractivity contribution in [2.45, 2.75) is 115 Å². The summed E-state index contributed by atoms with van der Waals surface area (Å²) in [6, 6.07) is 26.8. The molecule has 10 rings (SSSR count). The summed E-state index contributed by atoms with van der Waals surface area (Å²) in [6.45, 7) is 2.26. The van der Waals surface area contributed by atoms with Crippen LogP contribution in [0, 0.1) is 42.4 Å². The lowest BCUT2D eigenvalue weighted by atomic mass is 9.45. The molecule has 0 radical (unpaired) electrons. The van der Waals surface area contributed by atoms with E-state index < -0.39 is 0 Å². The molecule has 5 heteroatoms. The van der Waals surface area contributed by atoms with Crippen molar-refractivity contribution in [1.29, 1.82) is 0 Å². The van der Waals surface area contributed by atoms with E-state index in [1.165, 1.54) is 116 Å². The SMILES string of the molecule is COc1ccc2c(c1)c(-c1ccc(C)cc1)c(N1C3CCCCC3NC3C4CCCC5CCC6CCCC(C6C54)C31)n2-c1ccc(CO)cc1. The summed E-state index contributed by atoms with van der Waals surface area (Å²) in [7, 11) is 1.80. The molecule has 2 heterocycles. The standard InChI is InChI=1S/C45H55N3O2/c1-27-13-17-31(18-14-27)42-36-25-33(50-2)23-24-38(36)47(32-21-15-28(26-49)16-22-32)45(42)48-39-12-4-3-11-37(39)46-43-34-9-5-7-29-19-20-30-8-6-10-35(44(43)48)41(30)40(29)34/h13-18,21-25,29-30,34-35,37,39-41,43-44,46,49H,3-12,19-20,26H2,1-2H3. The molecule has 3 aromatic carbocycles. The number of aliphatic hydroxyl groups excluding tert-OH is 1. The van der Waals surface area contributed by atoms with Gasteiger partial charge in [-0.2, -0.15) is 0 Å². The first-order chi connectivity index (χ1) is 24.6. The minimum Gasteiger partial charge on any atom is -0.497 e. The van der Waals surface area contributed by atoms with Crippen LogP contribution < -0.4 is 15.0 Å². The Morgan fingerprint density at radius 1 is 0.760 bits per heavy atom. The van der Waals surface area contributed by atoms with Crippen molar-refractivity contribution in [3.63, 3.8) is 0 Å². The van der Waals surface area contributed by atoms with Crippen molar-refractivity contribution in [1.82, 2.24) is 9.88 Å². The van der Waals surface area contributed by atoms with Gasteiger partial charge in [0.15, 0.2) is 0 Å². The fraction of sp³-hybridized carbons (Fsp3) is 0.556. The number of nitrogens with zero attached hydrogens (tertiary/aromatic N) is 2. The van der Waals surface area contributed by atoms with E-state index in [-0.39, 0.29) is 6.61 Å². The molecule has 5 saturated carbocycles. The third-order valence-corrected chi connectivity index (χ3v) is 14.8. The highest BCUT2D eigenvalue weighted by Gasteiger charge is 2.62. The number of fused-ring (bicyclic) bond motifs is 5. The highest BCUT2D eigenvalue weighted by Crippen LogP contribution is 2.62. The van der Waals surface area contributed by atoms with Crippen molar-refractivity contribution in [3.8, 4) is 22.6 Å². The van der Waals surface area contributed by atoms with Crippen molar-refractivity contribution in [3.05, 3.63) is 77.9 Å². The molecule has 5 nitrogen and oxygen atoms in total. The molecular formula is C45H55N3O2. The topological polar surface area (TPSA) is 49.7 Å². The quantitative estimate of drug-likeness (QED) is 0.222. The maximum absolute atomic E-state index is 10.0. The number of hydrogen-bond donors (Lipinski definition) is 2. The summed E-state index contributed by atoms with van der Waals surface area (Å²) in [6.07, 6.45) is 16.7. The second-order valence-corrected chi connectivity index (χ2v) is 17.1. The first-order valence-electron chi connectivity index (χ1n) is 20.2. The molecule has 10 unspecified atom stereocenters. The lowest BCUT2D eigenvalue weighted by Gasteiger charge is -2.67. The molecule has 0 amide bonds. The monoisotopic (exact) mass is 669 g/mol. The molecule has 10 atom stereocenters. The van der Waals surface area contributed by atoms with Crippen LogP contribution in [0.15, 0.2) is 66.7 Å². The van der Waals surface area contributed by atoms with E-state index in [9.17, 15) is 5.11 Å². The van der Waals surface area contributed by atoms with Crippen LogP contribution in [-0.2, 0) is 6.61 Å². The Morgan fingerprint density at radius 2 is 1.48 bits per heavy atom. The normalized spacial score (nSPS) is 34.5. The Morgan fingerprint density at radius 3 is 2.22 bits per heavy atom. The number of hydrogen-bond acceptors (Lipinski definition) is 4. The van der Waals surface area contributed by atoms with Gasteiger partial charge in [-0.1, -0.05) is 80.5 Å². The number of aryl methyl sites for hydroxylation is 1. The average molecular weight is 670 g/mol. The summed E-state index contributed by atoms with van der Waals surface area (Å²) < 4.78 is 8.55. The lowest BCUT2D eigenvalue weighted by Crippen LogP contribution is -2.76. The fourth-order valence-electron chi connectivity index (χ4n) is 13.0. The second kappa shape index (κ2) is 12.4. The minimum atomic E-state index is 0.0600. The van der Waals surface area contributed by atoms with Crippen LogP contribution >= 0.6 is 0 Å². The summed E-state index contributed by atoms with van der Waals surface area (Å²) in [5, 5.41) is 15.8. The van der Waals surface area contributed by atoms with E-state index in [0.717, 1.165) is 46.8 Å². The van der Waals surface area contributed by atoms with Crippen molar-refractivity contribution < 1.29 is 9.84 Å². The predicted molar refractivity (Wildman–Crippen MR) is 203 cm³/mol. The Bertz CT molecular complexity index is 1860. The fourth-order valence-corrected chi connectivity index (χ4v) is 13.0. The van der Waals surface area contributed by atoms with Gasteiger partial charge in [0.1, 0.15) is 11.6 Å². The van der Waals surface area contributed by atoms with Crippen LogP contribution in [0.25, 0.3) is 27.7 Å². The van der Waals surface area contributed by atoms with Crippen molar-refractivity contribution in [2.24, 2.45) is 35.5 Å². The number of piperazine rings is 1. The van der Waals surface area contributed by atoms with Gasteiger partial charge in [-0.05, 0) is 122 Å². The number of methoxy groups -OCH3 is 1. The number of aromatic nitrogens is 1. The van der Waals surface area contributed by atoms with E-state index in [2.05, 4.69) is 88.4 Å². The third kappa shape index (κ3) is 4.78. The van der Waals surface area contributed by atoms with Crippen molar-refractivity contribution >= 4 is 16.7 Å². The van der Waals surface area contributed by atoms with E-state index in [4.69, 9.17) is 4.74 Å². The van der Waals surface area contributed by atoms with Gasteiger partial charge in [0.25, 0.3) is 0 Å². The zero-order valence-electron chi connectivity index (χ0n) is 30.1. The summed E-state index contributed by atoms with van der Waals surface area (Å²) in [5.41, 5.74) is 7.32. The van der Waals surface area contributed by atoms with Crippen LogP contribution in [0.1, 0.15) is 88.2 Å². The van der Waals surface area contributed by atoms with Gasteiger partial charge in [-0.15, -0.1) is 0 Å². The van der Waals surface area contributed by atoms with Crippen LogP contribution in [0.4, 0.5) is 5.82 Å². The maximum atomic E-state index is 10.0. The Kier molecular flexibility index (Phi) is 7.83. The molecule has 4 aromatic rings. The highest BCUT2D eigenvalue weighted by atomic mass is 16.5. The predicted octanol–water partition coefficient (Wildman–Crippen LogP) is 9.44. The van der Waals surface area contributed by atoms with Crippen LogP contribution in [0.3, 0.4) is 0 Å².